The van der Waals surface area contributed by atoms with Gasteiger partial charge in [-0.3, -0.25) is 4.79 Å². The highest BCUT2D eigenvalue weighted by Gasteiger charge is 2.26. The number of piperidine rings is 1. The minimum atomic E-state index is 0.0189. The highest BCUT2D eigenvalue weighted by atomic mass is 16.5. The molecule has 3 rings (SSSR count). The summed E-state index contributed by atoms with van der Waals surface area (Å²) in [7, 11) is 1.71. The van der Waals surface area contributed by atoms with Crippen molar-refractivity contribution in [3.8, 4) is 0 Å². The topological polar surface area (TPSA) is 59.4 Å². The fourth-order valence-corrected chi connectivity index (χ4v) is 2.76. The second kappa shape index (κ2) is 5.21. The molecule has 19 heavy (non-hydrogen) atoms. The smallest absolute Gasteiger partial charge is 0.274 e. The highest BCUT2D eigenvalue weighted by Crippen LogP contribution is 2.18. The molecule has 104 valence electrons. The third-order valence-corrected chi connectivity index (χ3v) is 3.85. The van der Waals surface area contributed by atoms with Gasteiger partial charge in [0.2, 0.25) is 5.95 Å². The monoisotopic (exact) mass is 264 g/mol. The number of anilines is 1. The molecule has 0 spiro atoms. The minimum Gasteiger partial charge on any atom is -0.380 e. The van der Waals surface area contributed by atoms with Gasteiger partial charge in [0, 0.05) is 39.5 Å². The first-order valence-electron chi connectivity index (χ1n) is 6.91. The van der Waals surface area contributed by atoms with Crippen molar-refractivity contribution in [1.29, 1.82) is 0 Å². The van der Waals surface area contributed by atoms with Crippen LogP contribution in [0, 0.1) is 0 Å². The molecule has 1 N–H and O–H groups in total. The van der Waals surface area contributed by atoms with Gasteiger partial charge in [-0.25, -0.2) is 4.98 Å². The van der Waals surface area contributed by atoms with Crippen LogP contribution in [0.25, 0.3) is 0 Å². The Morgan fingerprint density at radius 1 is 1.47 bits per heavy atom. The summed E-state index contributed by atoms with van der Waals surface area (Å²) in [5, 5.41) is 3.22. The van der Waals surface area contributed by atoms with Gasteiger partial charge >= 0.3 is 0 Å². The summed E-state index contributed by atoms with van der Waals surface area (Å²) in [6.45, 7) is 3.34. The Morgan fingerprint density at radius 2 is 2.37 bits per heavy atom. The van der Waals surface area contributed by atoms with Crippen LogP contribution < -0.4 is 5.32 Å². The lowest BCUT2D eigenvalue weighted by atomic mass is 10.1. The maximum absolute atomic E-state index is 12.4. The molecule has 0 aliphatic carbocycles. The fraction of sp³-hybridized carbons (Fsp3) is 0.692. The van der Waals surface area contributed by atoms with Crippen LogP contribution in [0.1, 0.15) is 29.8 Å². The molecule has 0 radical (unpaired) electrons. The number of aryl methyl sites for hydroxylation is 1. The number of rotatable bonds is 2. The van der Waals surface area contributed by atoms with Gasteiger partial charge in [0.25, 0.3) is 5.91 Å². The summed E-state index contributed by atoms with van der Waals surface area (Å²) in [5.41, 5.74) is 0.543. The number of fused-ring (bicyclic) bond motifs is 1. The largest absolute Gasteiger partial charge is 0.380 e. The van der Waals surface area contributed by atoms with Crippen LogP contribution in [-0.4, -0.2) is 53.2 Å². The molecular weight excluding hydrogens is 244 g/mol. The van der Waals surface area contributed by atoms with E-state index in [9.17, 15) is 4.79 Å². The first-order valence-corrected chi connectivity index (χ1v) is 6.91. The first-order chi connectivity index (χ1) is 9.28. The van der Waals surface area contributed by atoms with Crippen molar-refractivity contribution < 1.29 is 9.53 Å². The highest BCUT2D eigenvalue weighted by molar-refractivity contribution is 5.92. The van der Waals surface area contributed by atoms with Crippen LogP contribution in [0.3, 0.4) is 0 Å². The lowest BCUT2D eigenvalue weighted by Gasteiger charge is -2.31. The summed E-state index contributed by atoms with van der Waals surface area (Å²) < 4.78 is 7.38. The standard InChI is InChI=1S/C13H20N4O2/c1-19-10-4-2-6-16(8-10)12(18)11-9-17-7-3-5-14-13(17)15-11/h9-10H,2-8H2,1H3,(H,14,15). The molecule has 1 amide bonds. The summed E-state index contributed by atoms with van der Waals surface area (Å²) in [5.74, 6) is 0.834. The predicted molar refractivity (Wildman–Crippen MR) is 71.3 cm³/mol. The number of amides is 1. The summed E-state index contributed by atoms with van der Waals surface area (Å²) in [4.78, 5) is 18.7. The van der Waals surface area contributed by atoms with Crippen molar-refractivity contribution in [3.63, 3.8) is 0 Å². The van der Waals surface area contributed by atoms with Crippen molar-refractivity contribution in [1.82, 2.24) is 14.5 Å². The lowest BCUT2D eigenvalue weighted by Crippen LogP contribution is -2.43. The number of nitrogens with one attached hydrogen (secondary N) is 1. The molecule has 2 aliphatic rings. The van der Waals surface area contributed by atoms with Crippen molar-refractivity contribution in [2.24, 2.45) is 0 Å². The first kappa shape index (κ1) is 12.5. The molecule has 1 aromatic rings. The number of methoxy groups -OCH3 is 1. The van der Waals surface area contributed by atoms with Crippen LogP contribution >= 0.6 is 0 Å². The normalized spacial score (nSPS) is 22.8. The van der Waals surface area contributed by atoms with E-state index in [0.29, 0.717) is 12.2 Å². The van der Waals surface area contributed by atoms with Gasteiger partial charge in [0.05, 0.1) is 6.10 Å². The SMILES string of the molecule is COC1CCCN(C(=O)c2cn3c(n2)NCCC3)C1. The molecule has 3 heterocycles. The zero-order chi connectivity index (χ0) is 13.2. The summed E-state index contributed by atoms with van der Waals surface area (Å²) in [6, 6.07) is 0. The quantitative estimate of drug-likeness (QED) is 0.864. The Bertz CT molecular complexity index is 448. The van der Waals surface area contributed by atoms with E-state index in [1.807, 2.05) is 15.7 Å². The Balaban J connectivity index is 1.74. The van der Waals surface area contributed by atoms with E-state index < -0.39 is 0 Å². The zero-order valence-electron chi connectivity index (χ0n) is 11.3. The van der Waals surface area contributed by atoms with E-state index in [-0.39, 0.29) is 12.0 Å². The molecule has 1 unspecified atom stereocenters. The molecule has 0 saturated carbocycles. The molecule has 6 heteroatoms. The fourth-order valence-electron chi connectivity index (χ4n) is 2.76. The van der Waals surface area contributed by atoms with Crippen LogP contribution in [0.2, 0.25) is 0 Å². The van der Waals surface area contributed by atoms with Gasteiger partial charge < -0.3 is 19.5 Å². The second-order valence-corrected chi connectivity index (χ2v) is 5.17. The van der Waals surface area contributed by atoms with Gasteiger partial charge in [0.1, 0.15) is 5.69 Å². The number of carbonyl (C=O) groups is 1. The number of likely N-dealkylation sites (tertiary alicyclic amines) is 1. The molecule has 0 bridgehead atoms. The van der Waals surface area contributed by atoms with Gasteiger partial charge in [-0.1, -0.05) is 0 Å². The van der Waals surface area contributed by atoms with Gasteiger partial charge in [0.15, 0.2) is 0 Å². The van der Waals surface area contributed by atoms with E-state index >= 15 is 0 Å². The molecule has 1 atom stereocenters. The van der Waals surface area contributed by atoms with Crippen molar-refractivity contribution >= 4 is 11.9 Å². The maximum Gasteiger partial charge on any atom is 0.274 e. The molecule has 1 aromatic heterocycles. The van der Waals surface area contributed by atoms with Crippen LogP contribution in [0.15, 0.2) is 6.20 Å². The van der Waals surface area contributed by atoms with E-state index in [2.05, 4.69) is 10.3 Å². The maximum atomic E-state index is 12.4. The van der Waals surface area contributed by atoms with Crippen molar-refractivity contribution in [3.05, 3.63) is 11.9 Å². The van der Waals surface area contributed by atoms with E-state index in [1.165, 1.54) is 0 Å². The summed E-state index contributed by atoms with van der Waals surface area (Å²) >= 11 is 0. The number of ether oxygens (including phenoxy) is 1. The van der Waals surface area contributed by atoms with Crippen LogP contribution in [-0.2, 0) is 11.3 Å². The van der Waals surface area contributed by atoms with Crippen LogP contribution in [0.4, 0.5) is 5.95 Å². The lowest BCUT2D eigenvalue weighted by molar-refractivity contribution is 0.0266. The molecule has 1 saturated heterocycles. The second-order valence-electron chi connectivity index (χ2n) is 5.17. The van der Waals surface area contributed by atoms with Crippen molar-refractivity contribution in [2.75, 3.05) is 32.1 Å². The Morgan fingerprint density at radius 3 is 3.16 bits per heavy atom. The van der Waals surface area contributed by atoms with Crippen LogP contribution in [0.5, 0.6) is 0 Å². The Labute approximate surface area is 112 Å². The molecule has 1 fully saturated rings. The zero-order valence-corrected chi connectivity index (χ0v) is 11.3. The number of carbonyl (C=O) groups excluding carboxylic acids is 1. The predicted octanol–water partition coefficient (Wildman–Crippen LogP) is 0.950. The molecule has 0 aromatic carbocycles. The number of imidazole rings is 1. The molecular formula is C13H20N4O2. The van der Waals surface area contributed by atoms with E-state index in [4.69, 9.17) is 4.74 Å². The number of hydrogen-bond acceptors (Lipinski definition) is 4. The third-order valence-electron chi connectivity index (χ3n) is 3.85. The molecule has 2 aliphatic heterocycles. The van der Waals surface area contributed by atoms with Crippen molar-refractivity contribution in [2.45, 2.75) is 31.9 Å². The average Bonchev–Trinajstić information content (AvgIpc) is 2.90. The van der Waals surface area contributed by atoms with Gasteiger partial charge in [-0.05, 0) is 19.3 Å². The van der Waals surface area contributed by atoms with Gasteiger partial charge in [-0.2, -0.15) is 0 Å². The number of nitrogens with zero attached hydrogens (tertiary/aromatic N) is 3. The van der Waals surface area contributed by atoms with E-state index in [0.717, 1.165) is 44.8 Å². The number of aromatic nitrogens is 2. The number of hydrogen-bond donors (Lipinski definition) is 1. The summed E-state index contributed by atoms with van der Waals surface area (Å²) in [6.07, 6.45) is 5.12. The van der Waals surface area contributed by atoms with E-state index in [1.54, 1.807) is 7.11 Å². The van der Waals surface area contributed by atoms with Gasteiger partial charge in [-0.15, -0.1) is 0 Å². The molecule has 6 nitrogen and oxygen atoms in total. The average molecular weight is 264 g/mol. The Hall–Kier alpha value is -1.56. The Kier molecular flexibility index (Phi) is 3.42. The third kappa shape index (κ3) is 2.45. The minimum absolute atomic E-state index is 0.0189.